The van der Waals surface area contributed by atoms with Gasteiger partial charge >= 0.3 is 0 Å². The topological polar surface area (TPSA) is 96.7 Å². The van der Waals surface area contributed by atoms with Crippen LogP contribution in [0.2, 0.25) is 0 Å². The summed E-state index contributed by atoms with van der Waals surface area (Å²) in [4.78, 5) is 22.1. The number of piperidine rings is 1. The van der Waals surface area contributed by atoms with Gasteiger partial charge in [-0.15, -0.1) is 0 Å². The lowest BCUT2D eigenvalue weighted by atomic mass is 9.97. The van der Waals surface area contributed by atoms with E-state index in [0.717, 1.165) is 12.1 Å². The number of imidazole rings is 1. The number of anilines is 1. The predicted molar refractivity (Wildman–Crippen MR) is 120 cm³/mol. The van der Waals surface area contributed by atoms with E-state index in [1.54, 1.807) is 6.20 Å². The molecule has 0 aliphatic carbocycles. The summed E-state index contributed by atoms with van der Waals surface area (Å²) in [5.74, 6) is 0.393. The standard InChI is InChI=1S/C22H27N5O3S/c1-2-3-16-31(29,30)26-14-10-17(11-15-26)22(28)25-21-20(18-8-4-6-12-23-18)24-19-9-5-7-13-27(19)21/h4-9,12-13,17H,2-3,10-11,14-16H2,1H3,(H,25,28). The van der Waals surface area contributed by atoms with E-state index >= 15 is 0 Å². The average molecular weight is 442 g/mol. The molecular weight excluding hydrogens is 414 g/mol. The van der Waals surface area contributed by atoms with Crippen molar-refractivity contribution in [3.63, 3.8) is 0 Å². The van der Waals surface area contributed by atoms with Gasteiger partial charge in [-0.25, -0.2) is 17.7 Å². The summed E-state index contributed by atoms with van der Waals surface area (Å²) in [7, 11) is -3.24. The first-order chi connectivity index (χ1) is 15.0. The number of amides is 1. The van der Waals surface area contributed by atoms with Crippen molar-refractivity contribution in [3.05, 3.63) is 48.8 Å². The highest BCUT2D eigenvalue weighted by Crippen LogP contribution is 2.29. The molecule has 0 atom stereocenters. The van der Waals surface area contributed by atoms with Crippen molar-refractivity contribution in [1.82, 2.24) is 18.7 Å². The van der Waals surface area contributed by atoms with E-state index in [1.165, 1.54) is 4.31 Å². The maximum absolute atomic E-state index is 13.1. The highest BCUT2D eigenvalue weighted by atomic mass is 32.2. The van der Waals surface area contributed by atoms with Crippen molar-refractivity contribution in [2.75, 3.05) is 24.2 Å². The van der Waals surface area contributed by atoms with Crippen molar-refractivity contribution < 1.29 is 13.2 Å². The number of unbranched alkanes of at least 4 members (excludes halogenated alkanes) is 1. The van der Waals surface area contributed by atoms with E-state index in [2.05, 4.69) is 15.3 Å². The van der Waals surface area contributed by atoms with E-state index in [-0.39, 0.29) is 17.6 Å². The first kappa shape index (κ1) is 21.5. The largest absolute Gasteiger partial charge is 0.310 e. The molecule has 1 aliphatic heterocycles. The number of nitrogens with zero attached hydrogens (tertiary/aromatic N) is 4. The minimum Gasteiger partial charge on any atom is -0.310 e. The fourth-order valence-electron chi connectivity index (χ4n) is 3.87. The van der Waals surface area contributed by atoms with Crippen molar-refractivity contribution in [2.45, 2.75) is 32.6 Å². The van der Waals surface area contributed by atoms with Crippen LogP contribution in [-0.4, -0.2) is 51.8 Å². The Morgan fingerprint density at radius 3 is 2.65 bits per heavy atom. The number of carbonyl (C=O) groups is 1. The third-order valence-electron chi connectivity index (χ3n) is 5.65. The molecule has 0 spiro atoms. The second kappa shape index (κ2) is 9.15. The Labute approximate surface area is 182 Å². The van der Waals surface area contributed by atoms with Crippen molar-refractivity contribution >= 4 is 27.4 Å². The van der Waals surface area contributed by atoms with Gasteiger partial charge in [0, 0.05) is 31.4 Å². The Balaban J connectivity index is 1.51. The number of sulfonamides is 1. The smallest absolute Gasteiger partial charge is 0.228 e. The summed E-state index contributed by atoms with van der Waals surface area (Å²) >= 11 is 0. The molecule has 31 heavy (non-hydrogen) atoms. The molecule has 0 saturated carbocycles. The predicted octanol–water partition coefficient (Wildman–Crippen LogP) is 3.18. The van der Waals surface area contributed by atoms with Crippen molar-refractivity contribution in [3.8, 4) is 11.4 Å². The lowest BCUT2D eigenvalue weighted by Crippen LogP contribution is -2.42. The molecule has 0 unspecified atom stereocenters. The van der Waals surface area contributed by atoms with Gasteiger partial charge in [0.2, 0.25) is 15.9 Å². The van der Waals surface area contributed by atoms with Crippen LogP contribution in [-0.2, 0) is 14.8 Å². The van der Waals surface area contributed by atoms with E-state index in [9.17, 15) is 13.2 Å². The second-order valence-electron chi connectivity index (χ2n) is 7.78. The number of nitrogens with one attached hydrogen (secondary N) is 1. The molecule has 0 radical (unpaired) electrons. The van der Waals surface area contributed by atoms with Crippen LogP contribution >= 0.6 is 0 Å². The molecule has 8 nitrogen and oxygen atoms in total. The first-order valence-corrected chi connectivity index (χ1v) is 12.3. The Kier molecular flexibility index (Phi) is 6.33. The van der Waals surface area contributed by atoms with E-state index in [4.69, 9.17) is 0 Å². The van der Waals surface area contributed by atoms with Crippen LogP contribution in [0.5, 0.6) is 0 Å². The SMILES string of the molecule is CCCCS(=O)(=O)N1CCC(C(=O)Nc2c(-c3ccccn3)nc3ccccn23)CC1. The van der Waals surface area contributed by atoms with Crippen molar-refractivity contribution in [1.29, 1.82) is 0 Å². The van der Waals surface area contributed by atoms with E-state index < -0.39 is 10.0 Å². The van der Waals surface area contributed by atoms with Gasteiger partial charge in [0.05, 0.1) is 11.4 Å². The molecule has 1 aliphatic rings. The van der Waals surface area contributed by atoms with Gasteiger partial charge in [0.25, 0.3) is 0 Å². The molecule has 1 saturated heterocycles. The van der Waals surface area contributed by atoms with Crippen LogP contribution in [0.3, 0.4) is 0 Å². The molecule has 0 bridgehead atoms. The molecule has 4 heterocycles. The maximum Gasteiger partial charge on any atom is 0.228 e. The average Bonchev–Trinajstić information content (AvgIpc) is 3.17. The van der Waals surface area contributed by atoms with Crippen LogP contribution in [0.25, 0.3) is 17.0 Å². The van der Waals surface area contributed by atoms with Crippen LogP contribution in [0, 0.1) is 5.92 Å². The van der Waals surface area contributed by atoms with Gasteiger partial charge < -0.3 is 5.32 Å². The minimum atomic E-state index is -3.24. The Bertz CT molecular complexity index is 1150. The van der Waals surface area contributed by atoms with Gasteiger partial charge in [-0.05, 0) is 43.5 Å². The highest BCUT2D eigenvalue weighted by Gasteiger charge is 2.31. The summed E-state index contributed by atoms with van der Waals surface area (Å²) in [6.45, 7) is 2.74. The number of aromatic nitrogens is 3. The quantitative estimate of drug-likeness (QED) is 0.607. The maximum atomic E-state index is 13.1. The molecule has 9 heteroatoms. The molecule has 1 amide bonds. The van der Waals surface area contributed by atoms with Gasteiger partial charge in [-0.1, -0.05) is 25.5 Å². The fourth-order valence-corrected chi connectivity index (χ4v) is 5.55. The monoisotopic (exact) mass is 441 g/mol. The number of rotatable bonds is 7. The fraction of sp³-hybridized carbons (Fsp3) is 0.409. The molecule has 164 valence electrons. The third kappa shape index (κ3) is 4.62. The Morgan fingerprint density at radius 1 is 1.16 bits per heavy atom. The first-order valence-electron chi connectivity index (χ1n) is 10.7. The summed E-state index contributed by atoms with van der Waals surface area (Å²) < 4.78 is 28.2. The molecular formula is C22H27N5O3S. The third-order valence-corrected chi connectivity index (χ3v) is 7.61. The number of fused-ring (bicyclic) bond motifs is 1. The normalized spacial score (nSPS) is 15.9. The summed E-state index contributed by atoms with van der Waals surface area (Å²) in [5.41, 5.74) is 2.01. The highest BCUT2D eigenvalue weighted by molar-refractivity contribution is 7.89. The number of hydrogen-bond acceptors (Lipinski definition) is 5. The molecule has 0 aromatic carbocycles. The summed E-state index contributed by atoms with van der Waals surface area (Å²) in [6.07, 6.45) is 6.07. The lowest BCUT2D eigenvalue weighted by molar-refractivity contribution is -0.120. The molecule has 1 fully saturated rings. The minimum absolute atomic E-state index is 0.117. The van der Waals surface area contributed by atoms with E-state index in [0.29, 0.717) is 49.6 Å². The van der Waals surface area contributed by atoms with Crippen LogP contribution < -0.4 is 5.32 Å². The number of carbonyl (C=O) groups excluding carboxylic acids is 1. The van der Waals surface area contributed by atoms with E-state index in [1.807, 2.05) is 53.9 Å². The zero-order chi connectivity index (χ0) is 21.8. The van der Waals surface area contributed by atoms with Gasteiger partial charge in [-0.3, -0.25) is 14.2 Å². The van der Waals surface area contributed by atoms with Gasteiger partial charge in [0.1, 0.15) is 17.2 Å². The van der Waals surface area contributed by atoms with Gasteiger partial charge in [-0.2, -0.15) is 0 Å². The second-order valence-corrected chi connectivity index (χ2v) is 9.87. The lowest BCUT2D eigenvalue weighted by Gasteiger charge is -2.30. The number of pyridine rings is 2. The Hall–Kier alpha value is -2.78. The van der Waals surface area contributed by atoms with Gasteiger partial charge in [0.15, 0.2) is 0 Å². The van der Waals surface area contributed by atoms with Crippen molar-refractivity contribution in [2.24, 2.45) is 5.92 Å². The van der Waals surface area contributed by atoms with Crippen LogP contribution in [0.4, 0.5) is 5.82 Å². The number of hydrogen-bond donors (Lipinski definition) is 1. The summed E-state index contributed by atoms with van der Waals surface area (Å²) in [6, 6.07) is 11.2. The molecule has 3 aromatic rings. The molecule has 4 rings (SSSR count). The molecule has 1 N–H and O–H groups in total. The Morgan fingerprint density at radius 2 is 1.94 bits per heavy atom. The molecule has 3 aromatic heterocycles. The van der Waals surface area contributed by atoms with Crippen LogP contribution in [0.15, 0.2) is 48.8 Å². The van der Waals surface area contributed by atoms with Crippen LogP contribution in [0.1, 0.15) is 32.6 Å². The zero-order valence-corrected chi connectivity index (χ0v) is 18.4. The zero-order valence-electron chi connectivity index (χ0n) is 17.6. The summed E-state index contributed by atoms with van der Waals surface area (Å²) in [5, 5.41) is 3.04.